The molecule has 5 rings (SSSR count). The second-order valence-electron chi connectivity index (χ2n) is 8.95. The maximum atomic E-state index is 14.0. The van der Waals surface area contributed by atoms with Crippen LogP contribution >= 0.6 is 0 Å². The second-order valence-corrected chi connectivity index (χ2v) is 8.95. The number of hydrogen-bond acceptors (Lipinski definition) is 4. The highest BCUT2D eigenvalue weighted by Crippen LogP contribution is 2.43. The molecule has 0 unspecified atom stereocenters. The minimum absolute atomic E-state index is 0.0738. The van der Waals surface area contributed by atoms with Crippen molar-refractivity contribution in [2.75, 3.05) is 0 Å². The monoisotopic (exact) mass is 451 g/mol. The fourth-order valence-electron chi connectivity index (χ4n) is 4.45. The third-order valence-corrected chi connectivity index (χ3v) is 5.81. The first-order valence-corrected chi connectivity index (χ1v) is 10.4. The number of carbonyl (C=O) groups is 1. The Bertz CT molecular complexity index is 1420. The van der Waals surface area contributed by atoms with Crippen molar-refractivity contribution in [3.8, 4) is 0 Å². The van der Waals surface area contributed by atoms with Crippen LogP contribution in [0.5, 0.6) is 0 Å². The second kappa shape index (κ2) is 7.40. The number of benzene rings is 1. The topological polar surface area (TPSA) is 83.0 Å². The molecule has 0 fully saturated rings. The van der Waals surface area contributed by atoms with Gasteiger partial charge in [-0.3, -0.25) is 9.78 Å². The smallest absolute Gasteiger partial charge is 0.353 e. The molecule has 1 aliphatic rings. The maximum absolute atomic E-state index is 14.0. The van der Waals surface area contributed by atoms with Crippen LogP contribution in [-0.2, 0) is 12.6 Å². The van der Waals surface area contributed by atoms with E-state index in [1.54, 1.807) is 36.4 Å². The van der Waals surface area contributed by atoms with Crippen LogP contribution in [0.3, 0.4) is 0 Å². The number of pyridine rings is 2. The number of rotatable bonds is 2. The number of carbonyl (C=O) groups excluding carboxylic acids is 1. The first-order chi connectivity index (χ1) is 15.6. The van der Waals surface area contributed by atoms with E-state index in [0.717, 1.165) is 0 Å². The minimum Gasteiger partial charge on any atom is -0.353 e. The van der Waals surface area contributed by atoms with Gasteiger partial charge in [0.05, 0.1) is 16.9 Å². The molecule has 4 aromatic rings. The summed E-state index contributed by atoms with van der Waals surface area (Å²) in [4.78, 5) is 23.4. The molecule has 0 bridgehead atoms. The van der Waals surface area contributed by atoms with Crippen LogP contribution in [0.2, 0.25) is 0 Å². The molecular weight excluding hydrogens is 431 g/mol. The van der Waals surface area contributed by atoms with E-state index in [-0.39, 0.29) is 10.9 Å². The molecule has 0 aliphatic heterocycles. The van der Waals surface area contributed by atoms with E-state index < -0.39 is 17.8 Å². The Morgan fingerprint density at radius 1 is 1.12 bits per heavy atom. The van der Waals surface area contributed by atoms with E-state index in [4.69, 9.17) is 0 Å². The predicted molar refractivity (Wildman–Crippen MR) is 119 cm³/mol. The van der Waals surface area contributed by atoms with Crippen molar-refractivity contribution in [2.45, 2.75) is 32.9 Å². The molecule has 0 radical (unpaired) electrons. The zero-order valence-corrected chi connectivity index (χ0v) is 17.9. The molecule has 3 heterocycles. The molecule has 1 aromatic carbocycles. The minimum atomic E-state index is -4.62. The highest BCUT2D eigenvalue weighted by molar-refractivity contribution is 6.21. The molecule has 0 saturated carbocycles. The number of H-pyrrole nitrogens is 1. The number of fused-ring (bicyclic) bond motifs is 5. The Hall–Kier alpha value is -3.75. The van der Waals surface area contributed by atoms with E-state index in [0.29, 0.717) is 51.7 Å². The average Bonchev–Trinajstić information content (AvgIpc) is 3.15. The number of aromatic amines is 1. The van der Waals surface area contributed by atoms with Gasteiger partial charge in [-0.2, -0.15) is 18.3 Å². The lowest BCUT2D eigenvalue weighted by molar-refractivity contribution is -0.140. The molecule has 33 heavy (non-hydrogen) atoms. The first-order valence-electron chi connectivity index (χ1n) is 10.4. The number of nitrogens with zero attached hydrogens (tertiary/aromatic N) is 3. The molecule has 0 saturated heterocycles. The number of hydrazone groups is 1. The number of amides is 1. The van der Waals surface area contributed by atoms with Crippen molar-refractivity contribution < 1.29 is 18.0 Å². The van der Waals surface area contributed by atoms with E-state index in [9.17, 15) is 18.0 Å². The fourth-order valence-corrected chi connectivity index (χ4v) is 4.45. The number of para-hydroxylation sites is 1. The van der Waals surface area contributed by atoms with E-state index >= 15 is 0 Å². The van der Waals surface area contributed by atoms with Gasteiger partial charge >= 0.3 is 6.18 Å². The molecule has 3 aromatic heterocycles. The lowest BCUT2D eigenvalue weighted by Crippen LogP contribution is -2.31. The predicted octanol–water partition coefficient (Wildman–Crippen LogP) is 5.24. The molecule has 1 aliphatic carbocycles. The Kier molecular flexibility index (Phi) is 4.73. The van der Waals surface area contributed by atoms with Gasteiger partial charge in [0.25, 0.3) is 5.91 Å². The lowest BCUT2D eigenvalue weighted by Gasteiger charge is -2.32. The number of hydrogen-bond donors (Lipinski definition) is 2. The summed E-state index contributed by atoms with van der Waals surface area (Å²) >= 11 is 0. The fraction of sp³-hybridized carbons (Fsp3) is 0.250. The standard InChI is InChI=1S/C24H20F3N5O/c1-23(2)11-16-19(17(12-23)31-32-22(33)13-7-9-28-10-8-13)18-14-5-3-4-6-15(14)29-20(18)21(30-16)24(25,26)27/h3-10,29H,11-12H2,1-2H3,(H,32,33). The highest BCUT2D eigenvalue weighted by atomic mass is 19.4. The van der Waals surface area contributed by atoms with Gasteiger partial charge < -0.3 is 4.98 Å². The summed E-state index contributed by atoms with van der Waals surface area (Å²) in [5.74, 6) is -0.426. The SMILES string of the molecule is CC1(C)CC(=NNC(=O)c2ccncc2)c2c(nc(C(F)(F)F)c3[nH]c4ccccc4c23)C1. The number of aromatic nitrogens is 3. The number of nitrogens with one attached hydrogen (secondary N) is 2. The van der Waals surface area contributed by atoms with Crippen LogP contribution in [0.4, 0.5) is 13.2 Å². The van der Waals surface area contributed by atoms with Gasteiger partial charge in [-0.15, -0.1) is 0 Å². The van der Waals surface area contributed by atoms with E-state index in [2.05, 4.69) is 25.5 Å². The summed E-state index contributed by atoms with van der Waals surface area (Å²) in [6.07, 6.45) is -0.794. The summed E-state index contributed by atoms with van der Waals surface area (Å²) in [6.45, 7) is 3.90. The van der Waals surface area contributed by atoms with Crippen molar-refractivity contribution in [3.05, 3.63) is 71.3 Å². The third-order valence-electron chi connectivity index (χ3n) is 5.81. The summed E-state index contributed by atoms with van der Waals surface area (Å²) < 4.78 is 41.9. The van der Waals surface area contributed by atoms with Crippen molar-refractivity contribution in [2.24, 2.45) is 10.5 Å². The van der Waals surface area contributed by atoms with Gasteiger partial charge in [-0.25, -0.2) is 10.4 Å². The van der Waals surface area contributed by atoms with Crippen LogP contribution < -0.4 is 5.43 Å². The van der Waals surface area contributed by atoms with E-state index in [1.807, 2.05) is 13.8 Å². The van der Waals surface area contributed by atoms with Gasteiger partial charge in [0.15, 0.2) is 5.69 Å². The van der Waals surface area contributed by atoms with Crippen LogP contribution in [0, 0.1) is 5.41 Å². The molecular formula is C24H20F3N5O. The van der Waals surface area contributed by atoms with Crippen molar-refractivity contribution >= 4 is 33.4 Å². The first kappa shape index (κ1) is 21.1. The maximum Gasteiger partial charge on any atom is 0.435 e. The van der Waals surface area contributed by atoms with Crippen LogP contribution in [-0.4, -0.2) is 26.6 Å². The molecule has 0 atom stereocenters. The summed E-state index contributed by atoms with van der Waals surface area (Å²) in [6, 6.07) is 10.2. The van der Waals surface area contributed by atoms with Crippen molar-refractivity contribution in [1.29, 1.82) is 0 Å². The van der Waals surface area contributed by atoms with Gasteiger partial charge in [-0.05, 0) is 36.5 Å². The molecule has 0 spiro atoms. The third kappa shape index (κ3) is 3.73. The Balaban J connectivity index is 1.75. The molecule has 1 amide bonds. The van der Waals surface area contributed by atoms with Gasteiger partial charge in [0.2, 0.25) is 0 Å². The molecule has 2 N–H and O–H groups in total. The summed E-state index contributed by atoms with van der Waals surface area (Å²) in [7, 11) is 0. The van der Waals surface area contributed by atoms with Crippen molar-refractivity contribution in [3.63, 3.8) is 0 Å². The molecule has 6 nitrogen and oxygen atoms in total. The Labute approximate surface area is 186 Å². The van der Waals surface area contributed by atoms with Crippen molar-refractivity contribution in [1.82, 2.24) is 20.4 Å². The van der Waals surface area contributed by atoms with Gasteiger partial charge in [-0.1, -0.05) is 32.0 Å². The zero-order valence-electron chi connectivity index (χ0n) is 17.9. The zero-order chi connectivity index (χ0) is 23.4. The molecule has 9 heteroatoms. The average molecular weight is 451 g/mol. The van der Waals surface area contributed by atoms with E-state index in [1.165, 1.54) is 12.4 Å². The lowest BCUT2D eigenvalue weighted by atomic mass is 9.74. The largest absolute Gasteiger partial charge is 0.435 e. The summed E-state index contributed by atoms with van der Waals surface area (Å²) in [5, 5.41) is 5.47. The molecule has 168 valence electrons. The Morgan fingerprint density at radius 3 is 2.58 bits per heavy atom. The van der Waals surface area contributed by atoms with Crippen LogP contribution in [0.25, 0.3) is 21.8 Å². The van der Waals surface area contributed by atoms with Crippen LogP contribution in [0.1, 0.15) is 47.6 Å². The highest BCUT2D eigenvalue weighted by Gasteiger charge is 2.40. The summed E-state index contributed by atoms with van der Waals surface area (Å²) in [5.41, 5.74) is 3.49. The van der Waals surface area contributed by atoms with Gasteiger partial charge in [0, 0.05) is 39.8 Å². The van der Waals surface area contributed by atoms with Crippen LogP contribution in [0.15, 0.2) is 53.9 Å². The quantitative estimate of drug-likeness (QED) is 0.409. The normalized spacial score (nSPS) is 16.8. The van der Waals surface area contributed by atoms with Gasteiger partial charge in [0.1, 0.15) is 0 Å². The Morgan fingerprint density at radius 2 is 1.85 bits per heavy atom. The number of alkyl halides is 3. The number of halogens is 3.